The van der Waals surface area contributed by atoms with Gasteiger partial charge in [0.15, 0.2) is 0 Å². The first-order valence-corrected chi connectivity index (χ1v) is 4.56. The second-order valence-electron chi connectivity index (χ2n) is 3.21. The first kappa shape index (κ1) is 10.3. The van der Waals surface area contributed by atoms with Crippen molar-refractivity contribution in [2.24, 2.45) is 5.10 Å². The lowest BCUT2D eigenvalue weighted by molar-refractivity contribution is -0.118. The summed E-state index contributed by atoms with van der Waals surface area (Å²) in [6.45, 7) is -0.106. The second kappa shape index (κ2) is 4.09. The first-order chi connectivity index (χ1) is 7.65. The van der Waals surface area contributed by atoms with Crippen LogP contribution in [0.15, 0.2) is 29.4 Å². The molecule has 3 amide bonds. The molecule has 16 heavy (non-hydrogen) atoms. The van der Waals surface area contributed by atoms with Crippen molar-refractivity contribution in [2.45, 2.75) is 0 Å². The number of imide groups is 1. The zero-order valence-corrected chi connectivity index (χ0v) is 8.18. The van der Waals surface area contributed by atoms with Gasteiger partial charge in [-0.15, -0.1) is 0 Å². The van der Waals surface area contributed by atoms with Crippen LogP contribution in [0.4, 0.5) is 9.18 Å². The highest BCUT2D eigenvalue weighted by Crippen LogP contribution is 2.03. The van der Waals surface area contributed by atoms with Crippen LogP contribution in [0.5, 0.6) is 0 Å². The van der Waals surface area contributed by atoms with Crippen molar-refractivity contribution in [3.05, 3.63) is 35.6 Å². The monoisotopic (exact) mass is 221 g/mol. The summed E-state index contributed by atoms with van der Waals surface area (Å²) in [4.78, 5) is 21.9. The summed E-state index contributed by atoms with van der Waals surface area (Å²) >= 11 is 0. The summed E-state index contributed by atoms with van der Waals surface area (Å²) in [5.74, 6) is -0.785. The molecule has 0 radical (unpaired) electrons. The molecule has 6 heteroatoms. The molecule has 1 heterocycles. The molecular formula is C10H8FN3O2. The molecule has 0 aromatic heterocycles. The number of nitrogens with one attached hydrogen (secondary N) is 1. The fourth-order valence-corrected chi connectivity index (χ4v) is 1.25. The van der Waals surface area contributed by atoms with Gasteiger partial charge in [-0.1, -0.05) is 12.1 Å². The van der Waals surface area contributed by atoms with Gasteiger partial charge in [-0.05, 0) is 17.7 Å². The van der Waals surface area contributed by atoms with Crippen LogP contribution in [-0.2, 0) is 4.79 Å². The molecule has 1 aromatic carbocycles. The Balaban J connectivity index is 2.10. The third-order valence-electron chi connectivity index (χ3n) is 1.97. The Kier molecular flexibility index (Phi) is 2.63. The third kappa shape index (κ3) is 2.22. The van der Waals surface area contributed by atoms with E-state index in [-0.39, 0.29) is 12.4 Å². The van der Waals surface area contributed by atoms with Gasteiger partial charge in [0.05, 0.1) is 6.21 Å². The van der Waals surface area contributed by atoms with Crippen molar-refractivity contribution in [3.63, 3.8) is 0 Å². The average molecular weight is 221 g/mol. The Labute approximate surface area is 90.5 Å². The van der Waals surface area contributed by atoms with Gasteiger partial charge in [-0.25, -0.2) is 14.2 Å². The van der Waals surface area contributed by atoms with E-state index in [4.69, 9.17) is 0 Å². The third-order valence-corrected chi connectivity index (χ3v) is 1.97. The molecule has 1 N–H and O–H groups in total. The Morgan fingerprint density at radius 1 is 1.44 bits per heavy atom. The highest BCUT2D eigenvalue weighted by atomic mass is 19.1. The Hall–Kier alpha value is -2.24. The van der Waals surface area contributed by atoms with Gasteiger partial charge >= 0.3 is 6.03 Å². The molecule has 0 bridgehead atoms. The fourth-order valence-electron chi connectivity index (χ4n) is 1.25. The number of amides is 3. The predicted octanol–water partition coefficient (Wildman–Crippen LogP) is 0.711. The molecule has 1 fully saturated rings. The van der Waals surface area contributed by atoms with Gasteiger partial charge < -0.3 is 0 Å². The zero-order valence-electron chi connectivity index (χ0n) is 8.18. The van der Waals surface area contributed by atoms with Crippen LogP contribution in [0.1, 0.15) is 5.56 Å². The molecule has 0 aliphatic carbocycles. The Morgan fingerprint density at radius 2 is 2.25 bits per heavy atom. The van der Waals surface area contributed by atoms with Gasteiger partial charge in [0.25, 0.3) is 0 Å². The van der Waals surface area contributed by atoms with E-state index >= 15 is 0 Å². The highest BCUT2D eigenvalue weighted by Gasteiger charge is 2.25. The van der Waals surface area contributed by atoms with E-state index in [1.54, 1.807) is 6.07 Å². The number of hydrazone groups is 1. The summed E-state index contributed by atoms with van der Waals surface area (Å²) in [5, 5.41) is 6.83. The van der Waals surface area contributed by atoms with Crippen molar-refractivity contribution >= 4 is 18.2 Å². The van der Waals surface area contributed by atoms with E-state index in [0.29, 0.717) is 5.56 Å². The molecule has 5 nitrogen and oxygen atoms in total. The van der Waals surface area contributed by atoms with Crippen molar-refractivity contribution in [1.82, 2.24) is 10.3 Å². The van der Waals surface area contributed by atoms with E-state index in [9.17, 15) is 14.0 Å². The first-order valence-electron chi connectivity index (χ1n) is 4.56. The molecular weight excluding hydrogens is 213 g/mol. The van der Waals surface area contributed by atoms with E-state index in [0.717, 1.165) is 5.01 Å². The number of urea groups is 1. The normalized spacial score (nSPS) is 15.9. The molecule has 1 aliphatic heterocycles. The number of hydrogen-bond acceptors (Lipinski definition) is 3. The molecule has 0 spiro atoms. The van der Waals surface area contributed by atoms with Crippen LogP contribution in [-0.4, -0.2) is 29.7 Å². The Bertz CT molecular complexity index is 473. The van der Waals surface area contributed by atoms with E-state index in [1.807, 2.05) is 0 Å². The number of hydrogen-bond donors (Lipinski definition) is 1. The Morgan fingerprint density at radius 3 is 2.88 bits per heavy atom. The summed E-state index contributed by atoms with van der Waals surface area (Å²) in [6.07, 6.45) is 1.32. The number of carbonyl (C=O) groups is 2. The summed E-state index contributed by atoms with van der Waals surface area (Å²) in [6, 6.07) is 5.19. The number of carbonyl (C=O) groups excluding carboxylic acids is 2. The molecule has 1 aliphatic rings. The highest BCUT2D eigenvalue weighted by molar-refractivity contribution is 6.02. The minimum atomic E-state index is -0.572. The lowest BCUT2D eigenvalue weighted by atomic mass is 10.2. The maximum absolute atomic E-state index is 12.8. The fraction of sp³-hybridized carbons (Fsp3) is 0.100. The van der Waals surface area contributed by atoms with Crippen LogP contribution >= 0.6 is 0 Å². The standard InChI is InChI=1S/C10H8FN3O2/c11-8-3-1-2-7(4-8)5-12-14-6-9(15)13-10(14)16/h1-5H,6H2,(H,13,15,16)/b12-5+. The maximum Gasteiger partial charge on any atom is 0.344 e. The van der Waals surface area contributed by atoms with Crippen LogP contribution in [0, 0.1) is 5.82 Å². The van der Waals surface area contributed by atoms with Crippen molar-refractivity contribution < 1.29 is 14.0 Å². The van der Waals surface area contributed by atoms with Crippen molar-refractivity contribution in [1.29, 1.82) is 0 Å². The second-order valence-corrected chi connectivity index (χ2v) is 3.21. The maximum atomic E-state index is 12.8. The van der Waals surface area contributed by atoms with Crippen LogP contribution in [0.2, 0.25) is 0 Å². The van der Waals surface area contributed by atoms with E-state index in [1.165, 1.54) is 24.4 Å². The molecule has 1 saturated heterocycles. The SMILES string of the molecule is O=C1CN(/N=C/c2cccc(F)c2)C(=O)N1. The minimum Gasteiger partial charge on any atom is -0.275 e. The summed E-state index contributed by atoms with van der Waals surface area (Å²) < 4.78 is 12.8. The number of benzene rings is 1. The van der Waals surface area contributed by atoms with Gasteiger partial charge in [-0.2, -0.15) is 5.10 Å². The molecule has 0 saturated carbocycles. The lowest BCUT2D eigenvalue weighted by Gasteiger charge is -2.03. The average Bonchev–Trinajstić information content (AvgIpc) is 2.54. The number of rotatable bonds is 2. The van der Waals surface area contributed by atoms with E-state index < -0.39 is 11.9 Å². The van der Waals surface area contributed by atoms with E-state index in [2.05, 4.69) is 10.4 Å². The molecule has 2 rings (SSSR count). The van der Waals surface area contributed by atoms with Crippen molar-refractivity contribution in [2.75, 3.05) is 6.54 Å². The van der Waals surface area contributed by atoms with Gasteiger partial charge in [0.2, 0.25) is 5.91 Å². The number of halogens is 1. The van der Waals surface area contributed by atoms with Gasteiger partial charge in [0.1, 0.15) is 12.4 Å². The van der Waals surface area contributed by atoms with Crippen LogP contribution < -0.4 is 5.32 Å². The van der Waals surface area contributed by atoms with Crippen LogP contribution in [0.25, 0.3) is 0 Å². The zero-order chi connectivity index (χ0) is 11.5. The molecule has 0 unspecified atom stereocenters. The lowest BCUT2D eigenvalue weighted by Crippen LogP contribution is -2.24. The van der Waals surface area contributed by atoms with Gasteiger partial charge in [-0.3, -0.25) is 10.1 Å². The largest absolute Gasteiger partial charge is 0.344 e. The molecule has 0 atom stereocenters. The van der Waals surface area contributed by atoms with Crippen LogP contribution in [0.3, 0.4) is 0 Å². The smallest absolute Gasteiger partial charge is 0.275 e. The van der Waals surface area contributed by atoms with Gasteiger partial charge in [0, 0.05) is 0 Å². The van der Waals surface area contributed by atoms with Crippen molar-refractivity contribution in [3.8, 4) is 0 Å². The number of nitrogens with zero attached hydrogens (tertiary/aromatic N) is 2. The quantitative estimate of drug-likeness (QED) is 0.590. The predicted molar refractivity (Wildman–Crippen MR) is 54.2 cm³/mol. The topological polar surface area (TPSA) is 61.8 Å². The molecule has 82 valence electrons. The summed E-state index contributed by atoms with van der Waals surface area (Å²) in [7, 11) is 0. The molecule has 1 aromatic rings. The summed E-state index contributed by atoms with van der Waals surface area (Å²) in [5.41, 5.74) is 0.521. The minimum absolute atomic E-state index is 0.106.